The van der Waals surface area contributed by atoms with Gasteiger partial charge < -0.3 is 9.84 Å². The lowest BCUT2D eigenvalue weighted by molar-refractivity contribution is -0.136. The number of carbonyl (C=O) groups is 1. The number of carboxylic acid groups (broad SMARTS) is 1. The van der Waals surface area contributed by atoms with E-state index < -0.39 is 24.0 Å². The fourth-order valence-corrected chi connectivity index (χ4v) is 1.08. The number of hydrogen-bond donors (Lipinski definition) is 1. The van der Waals surface area contributed by atoms with Crippen molar-refractivity contribution in [3.8, 4) is 5.75 Å². The van der Waals surface area contributed by atoms with E-state index in [1.54, 1.807) is 0 Å². The van der Waals surface area contributed by atoms with Gasteiger partial charge in [0.15, 0.2) is 0 Å². The highest BCUT2D eigenvalue weighted by molar-refractivity contribution is 5.71. The van der Waals surface area contributed by atoms with E-state index in [-0.39, 0.29) is 11.3 Å². The van der Waals surface area contributed by atoms with Crippen molar-refractivity contribution in [2.75, 3.05) is 7.11 Å². The Morgan fingerprint density at radius 1 is 1.50 bits per heavy atom. The molecular formula is C9H8F2O3. The summed E-state index contributed by atoms with van der Waals surface area (Å²) in [6, 6.07) is 1.57. The molecule has 0 aliphatic rings. The van der Waals surface area contributed by atoms with Crippen molar-refractivity contribution in [1.29, 1.82) is 0 Å². The Labute approximate surface area is 78.9 Å². The number of carboxylic acids is 1. The van der Waals surface area contributed by atoms with Gasteiger partial charge in [0.1, 0.15) is 17.4 Å². The maximum Gasteiger partial charge on any atom is 0.308 e. The van der Waals surface area contributed by atoms with E-state index in [2.05, 4.69) is 4.74 Å². The molecule has 0 atom stereocenters. The molecule has 0 bridgehead atoms. The molecule has 1 aromatic carbocycles. The molecule has 0 saturated heterocycles. The van der Waals surface area contributed by atoms with E-state index in [0.29, 0.717) is 6.07 Å². The van der Waals surface area contributed by atoms with Crippen LogP contribution in [-0.2, 0) is 11.2 Å². The highest BCUT2D eigenvalue weighted by Gasteiger charge is 2.14. The van der Waals surface area contributed by atoms with Gasteiger partial charge in [0.2, 0.25) is 0 Å². The van der Waals surface area contributed by atoms with E-state index in [9.17, 15) is 13.6 Å². The molecule has 0 unspecified atom stereocenters. The summed E-state index contributed by atoms with van der Waals surface area (Å²) in [7, 11) is 1.22. The van der Waals surface area contributed by atoms with Crippen LogP contribution in [0.5, 0.6) is 5.75 Å². The zero-order valence-electron chi connectivity index (χ0n) is 7.38. The molecule has 0 spiro atoms. The van der Waals surface area contributed by atoms with E-state index >= 15 is 0 Å². The molecule has 0 aliphatic heterocycles. The summed E-state index contributed by atoms with van der Waals surface area (Å²) in [6.07, 6.45) is -0.532. The second kappa shape index (κ2) is 4.04. The van der Waals surface area contributed by atoms with Crippen LogP contribution < -0.4 is 4.74 Å². The second-order valence-electron chi connectivity index (χ2n) is 2.64. The summed E-state index contributed by atoms with van der Waals surface area (Å²) in [5, 5.41) is 8.46. The Kier molecular flexibility index (Phi) is 3.01. The molecule has 0 saturated carbocycles. The number of methoxy groups -OCH3 is 1. The minimum absolute atomic E-state index is 0.0927. The van der Waals surface area contributed by atoms with Crippen LogP contribution in [0.2, 0.25) is 0 Å². The molecule has 0 amide bonds. The van der Waals surface area contributed by atoms with Crippen molar-refractivity contribution >= 4 is 5.97 Å². The molecule has 14 heavy (non-hydrogen) atoms. The van der Waals surface area contributed by atoms with Crippen molar-refractivity contribution in [2.24, 2.45) is 0 Å². The maximum atomic E-state index is 13.1. The molecule has 1 aromatic rings. The molecule has 0 aromatic heterocycles. The highest BCUT2D eigenvalue weighted by Crippen LogP contribution is 2.23. The molecule has 0 heterocycles. The molecule has 0 fully saturated rings. The van der Waals surface area contributed by atoms with Crippen LogP contribution in [-0.4, -0.2) is 18.2 Å². The third kappa shape index (κ3) is 2.18. The van der Waals surface area contributed by atoms with Crippen molar-refractivity contribution in [3.05, 3.63) is 29.3 Å². The van der Waals surface area contributed by atoms with Gasteiger partial charge in [-0.25, -0.2) is 8.78 Å². The van der Waals surface area contributed by atoms with Gasteiger partial charge in [0, 0.05) is 17.7 Å². The van der Waals surface area contributed by atoms with Gasteiger partial charge >= 0.3 is 5.97 Å². The third-order valence-electron chi connectivity index (χ3n) is 1.67. The van der Waals surface area contributed by atoms with Gasteiger partial charge in [-0.1, -0.05) is 0 Å². The zero-order chi connectivity index (χ0) is 10.7. The van der Waals surface area contributed by atoms with Gasteiger partial charge in [0.05, 0.1) is 13.5 Å². The third-order valence-corrected chi connectivity index (χ3v) is 1.67. The first-order valence-electron chi connectivity index (χ1n) is 3.78. The van der Waals surface area contributed by atoms with Crippen LogP contribution in [0, 0.1) is 11.6 Å². The highest BCUT2D eigenvalue weighted by atomic mass is 19.1. The van der Waals surface area contributed by atoms with Crippen molar-refractivity contribution < 1.29 is 23.4 Å². The molecule has 0 aliphatic carbocycles. The number of ether oxygens (including phenoxy) is 1. The van der Waals surface area contributed by atoms with Crippen LogP contribution in [0.4, 0.5) is 8.78 Å². The van der Waals surface area contributed by atoms with Crippen molar-refractivity contribution in [3.63, 3.8) is 0 Å². The van der Waals surface area contributed by atoms with Gasteiger partial charge in [-0.3, -0.25) is 4.79 Å². The molecule has 76 valence electrons. The monoisotopic (exact) mass is 202 g/mol. The number of hydrogen-bond acceptors (Lipinski definition) is 2. The summed E-state index contributed by atoms with van der Waals surface area (Å²) < 4.78 is 30.4. The predicted molar refractivity (Wildman–Crippen MR) is 44.2 cm³/mol. The van der Waals surface area contributed by atoms with Gasteiger partial charge in [0.25, 0.3) is 0 Å². The zero-order valence-corrected chi connectivity index (χ0v) is 7.38. The fourth-order valence-electron chi connectivity index (χ4n) is 1.08. The number of benzene rings is 1. The first-order chi connectivity index (χ1) is 6.54. The Hall–Kier alpha value is -1.65. The smallest absolute Gasteiger partial charge is 0.308 e. The number of aliphatic carboxylic acids is 1. The van der Waals surface area contributed by atoms with E-state index in [0.717, 1.165) is 6.07 Å². The number of halogens is 2. The fraction of sp³-hybridized carbons (Fsp3) is 0.222. The second-order valence-corrected chi connectivity index (χ2v) is 2.64. The summed E-state index contributed by atoms with van der Waals surface area (Å²) in [5.74, 6) is -3.00. The van der Waals surface area contributed by atoms with E-state index in [1.807, 2.05) is 0 Å². The van der Waals surface area contributed by atoms with Crippen LogP contribution in [0.1, 0.15) is 5.56 Å². The molecule has 3 nitrogen and oxygen atoms in total. The summed E-state index contributed by atoms with van der Waals surface area (Å²) >= 11 is 0. The van der Waals surface area contributed by atoms with Gasteiger partial charge in [-0.2, -0.15) is 0 Å². The molecule has 1 N–H and O–H groups in total. The lowest BCUT2D eigenvalue weighted by Gasteiger charge is -2.07. The van der Waals surface area contributed by atoms with Crippen LogP contribution in [0.25, 0.3) is 0 Å². The number of rotatable bonds is 3. The average molecular weight is 202 g/mol. The lowest BCUT2D eigenvalue weighted by atomic mass is 10.1. The predicted octanol–water partition coefficient (Wildman–Crippen LogP) is 1.60. The summed E-state index contributed by atoms with van der Waals surface area (Å²) in [5.41, 5.74) is -0.151. The molecule has 5 heteroatoms. The standard InChI is InChI=1S/C9H8F2O3/c1-14-8-3-5(10)2-7(11)6(8)4-9(12)13/h2-3H,4H2,1H3,(H,12,13). The van der Waals surface area contributed by atoms with Gasteiger partial charge in [-0.05, 0) is 0 Å². The van der Waals surface area contributed by atoms with Crippen LogP contribution in [0.3, 0.4) is 0 Å². The van der Waals surface area contributed by atoms with Crippen molar-refractivity contribution in [1.82, 2.24) is 0 Å². The summed E-state index contributed by atoms with van der Waals surface area (Å²) in [4.78, 5) is 10.4. The Morgan fingerprint density at radius 2 is 2.14 bits per heavy atom. The largest absolute Gasteiger partial charge is 0.496 e. The van der Waals surface area contributed by atoms with Crippen LogP contribution >= 0.6 is 0 Å². The SMILES string of the molecule is COc1cc(F)cc(F)c1CC(=O)O. The first-order valence-corrected chi connectivity index (χ1v) is 3.78. The summed E-state index contributed by atoms with van der Waals surface area (Å²) in [6.45, 7) is 0. The van der Waals surface area contributed by atoms with Crippen LogP contribution in [0.15, 0.2) is 12.1 Å². The Balaban J connectivity index is 3.18. The van der Waals surface area contributed by atoms with E-state index in [4.69, 9.17) is 5.11 Å². The van der Waals surface area contributed by atoms with Crippen molar-refractivity contribution in [2.45, 2.75) is 6.42 Å². The Bertz CT molecular complexity index is 363. The minimum atomic E-state index is -1.20. The average Bonchev–Trinajstić information content (AvgIpc) is 2.08. The quantitative estimate of drug-likeness (QED) is 0.809. The molecular weight excluding hydrogens is 194 g/mol. The minimum Gasteiger partial charge on any atom is -0.496 e. The Morgan fingerprint density at radius 3 is 2.64 bits per heavy atom. The first kappa shape index (κ1) is 10.4. The molecule has 0 radical (unpaired) electrons. The normalized spacial score (nSPS) is 9.93. The molecule has 1 rings (SSSR count). The van der Waals surface area contributed by atoms with E-state index in [1.165, 1.54) is 7.11 Å². The lowest BCUT2D eigenvalue weighted by Crippen LogP contribution is -2.05. The topological polar surface area (TPSA) is 46.5 Å². The maximum absolute atomic E-state index is 13.1. The van der Waals surface area contributed by atoms with Gasteiger partial charge in [-0.15, -0.1) is 0 Å².